The molecular formula is C28H36ClN3O5. The van der Waals surface area contributed by atoms with E-state index in [-0.39, 0.29) is 29.9 Å². The normalized spacial score (nSPS) is 30.7. The van der Waals surface area contributed by atoms with Crippen LogP contribution in [-0.2, 0) is 23.9 Å². The van der Waals surface area contributed by atoms with Crippen LogP contribution < -0.4 is 10.6 Å². The third-order valence-corrected chi connectivity index (χ3v) is 8.20. The van der Waals surface area contributed by atoms with Crippen molar-refractivity contribution >= 4 is 35.0 Å². The van der Waals surface area contributed by atoms with Gasteiger partial charge in [0.1, 0.15) is 11.6 Å². The molecule has 0 unspecified atom stereocenters. The molecule has 1 aliphatic carbocycles. The van der Waals surface area contributed by atoms with Crippen molar-refractivity contribution in [2.24, 2.45) is 11.8 Å². The smallest absolute Gasteiger partial charge is 0.246 e. The van der Waals surface area contributed by atoms with Crippen molar-refractivity contribution in [1.82, 2.24) is 10.2 Å². The maximum atomic E-state index is 13.9. The zero-order chi connectivity index (χ0) is 26.2. The van der Waals surface area contributed by atoms with Gasteiger partial charge in [0.25, 0.3) is 0 Å². The number of anilines is 1. The molecule has 1 saturated carbocycles. The van der Waals surface area contributed by atoms with E-state index in [1.807, 2.05) is 26.0 Å². The number of nitrogens with zero attached hydrogens (tertiary/aromatic N) is 1. The molecule has 4 aliphatic rings. The zero-order valence-corrected chi connectivity index (χ0v) is 22.2. The molecular weight excluding hydrogens is 494 g/mol. The number of amides is 3. The van der Waals surface area contributed by atoms with E-state index < -0.39 is 29.6 Å². The zero-order valence-electron chi connectivity index (χ0n) is 21.5. The van der Waals surface area contributed by atoms with Crippen LogP contribution in [0.4, 0.5) is 5.69 Å². The van der Waals surface area contributed by atoms with E-state index in [9.17, 15) is 14.4 Å². The molecule has 1 spiro atoms. The van der Waals surface area contributed by atoms with Crippen molar-refractivity contribution in [3.8, 4) is 0 Å². The Morgan fingerprint density at radius 1 is 1.22 bits per heavy atom. The van der Waals surface area contributed by atoms with Gasteiger partial charge in [0, 0.05) is 29.9 Å². The van der Waals surface area contributed by atoms with Gasteiger partial charge in [0.05, 0.1) is 24.0 Å². The van der Waals surface area contributed by atoms with Crippen molar-refractivity contribution in [2.75, 3.05) is 18.5 Å². The molecule has 5 rings (SSSR count). The van der Waals surface area contributed by atoms with Crippen molar-refractivity contribution in [3.63, 3.8) is 0 Å². The summed E-state index contributed by atoms with van der Waals surface area (Å²) in [5, 5.41) is 6.61. The van der Waals surface area contributed by atoms with E-state index in [1.165, 1.54) is 6.42 Å². The van der Waals surface area contributed by atoms with E-state index in [0.717, 1.165) is 25.7 Å². The molecule has 1 aromatic carbocycles. The molecule has 3 aliphatic heterocycles. The monoisotopic (exact) mass is 529 g/mol. The van der Waals surface area contributed by atoms with Crippen molar-refractivity contribution < 1.29 is 23.9 Å². The second kappa shape index (κ2) is 10.8. The van der Waals surface area contributed by atoms with Gasteiger partial charge in [-0.2, -0.15) is 0 Å². The van der Waals surface area contributed by atoms with Crippen LogP contribution in [-0.4, -0.2) is 65.7 Å². The van der Waals surface area contributed by atoms with E-state index in [1.54, 1.807) is 29.2 Å². The average Bonchev–Trinajstić information content (AvgIpc) is 3.50. The summed E-state index contributed by atoms with van der Waals surface area (Å²) < 4.78 is 12.1. The molecule has 0 aromatic heterocycles. The van der Waals surface area contributed by atoms with Gasteiger partial charge in [-0.25, -0.2) is 0 Å². The number of rotatable bonds is 9. The fourth-order valence-electron chi connectivity index (χ4n) is 6.38. The number of nitrogens with one attached hydrogen (secondary N) is 2. The lowest BCUT2D eigenvalue weighted by atomic mass is 9.74. The number of ether oxygens (including phenoxy) is 2. The van der Waals surface area contributed by atoms with Crippen molar-refractivity contribution in [3.05, 3.63) is 41.4 Å². The molecule has 200 valence electrons. The van der Waals surface area contributed by atoms with E-state index >= 15 is 0 Å². The highest BCUT2D eigenvalue weighted by atomic mass is 35.5. The third kappa shape index (κ3) is 5.03. The van der Waals surface area contributed by atoms with Gasteiger partial charge in [-0.3, -0.25) is 14.4 Å². The molecule has 2 saturated heterocycles. The largest absolute Gasteiger partial charge is 0.379 e. The van der Waals surface area contributed by atoms with E-state index in [4.69, 9.17) is 21.1 Å². The van der Waals surface area contributed by atoms with E-state index in [2.05, 4.69) is 10.6 Å². The van der Waals surface area contributed by atoms with Gasteiger partial charge in [-0.1, -0.05) is 49.1 Å². The molecule has 2 N–H and O–H groups in total. The Morgan fingerprint density at radius 2 is 2.00 bits per heavy atom. The molecule has 2 bridgehead atoms. The second-order valence-electron chi connectivity index (χ2n) is 10.8. The lowest BCUT2D eigenvalue weighted by Gasteiger charge is -2.34. The Balaban J connectivity index is 1.40. The van der Waals surface area contributed by atoms with Crippen LogP contribution in [0.5, 0.6) is 0 Å². The molecule has 1 aromatic rings. The topological polar surface area (TPSA) is 97.0 Å². The fraction of sp³-hybridized carbons (Fsp3) is 0.607. The van der Waals surface area contributed by atoms with Gasteiger partial charge in [-0.05, 0) is 51.3 Å². The third-order valence-electron chi connectivity index (χ3n) is 7.96. The predicted octanol–water partition coefficient (Wildman–Crippen LogP) is 3.69. The van der Waals surface area contributed by atoms with Crippen LogP contribution in [0.3, 0.4) is 0 Å². The van der Waals surface area contributed by atoms with Crippen LogP contribution in [0, 0.1) is 11.8 Å². The highest BCUT2D eigenvalue weighted by molar-refractivity contribution is 6.30. The number of carbonyl (C=O) groups is 3. The molecule has 0 radical (unpaired) electrons. The molecule has 37 heavy (non-hydrogen) atoms. The summed E-state index contributed by atoms with van der Waals surface area (Å²) >= 11 is 6.09. The number of hydrogen-bond acceptors (Lipinski definition) is 5. The lowest BCUT2D eigenvalue weighted by Crippen LogP contribution is -2.56. The van der Waals surface area contributed by atoms with Crippen molar-refractivity contribution in [2.45, 2.75) is 82.3 Å². The van der Waals surface area contributed by atoms with Crippen LogP contribution in [0.1, 0.15) is 52.4 Å². The van der Waals surface area contributed by atoms with Gasteiger partial charge in [0.2, 0.25) is 17.7 Å². The van der Waals surface area contributed by atoms with Crippen LogP contribution in [0.2, 0.25) is 5.02 Å². The minimum absolute atomic E-state index is 0.0825. The minimum Gasteiger partial charge on any atom is -0.379 e. The van der Waals surface area contributed by atoms with Gasteiger partial charge in [0.15, 0.2) is 0 Å². The summed E-state index contributed by atoms with van der Waals surface area (Å²) in [6.45, 7) is 4.77. The number of halogens is 1. The van der Waals surface area contributed by atoms with Gasteiger partial charge in [-0.15, -0.1) is 0 Å². The summed E-state index contributed by atoms with van der Waals surface area (Å²) in [7, 11) is 0. The number of benzene rings is 1. The first-order chi connectivity index (χ1) is 17.8. The Kier molecular flexibility index (Phi) is 7.61. The maximum absolute atomic E-state index is 13.9. The van der Waals surface area contributed by atoms with Crippen LogP contribution in [0.25, 0.3) is 0 Å². The summed E-state index contributed by atoms with van der Waals surface area (Å²) in [5.74, 6) is -2.23. The van der Waals surface area contributed by atoms with E-state index in [0.29, 0.717) is 30.3 Å². The minimum atomic E-state index is -1.16. The Bertz CT molecular complexity index is 1070. The number of fused-ring (bicyclic) bond motifs is 1. The molecule has 3 amide bonds. The van der Waals surface area contributed by atoms with Crippen LogP contribution >= 0.6 is 11.6 Å². The number of likely N-dealkylation sites (tertiary alicyclic amines) is 1. The quantitative estimate of drug-likeness (QED) is 0.375. The SMILES string of the molecule is CC(C)OCCCN1C(=O)[C@H]2[C@H](C(=O)Nc3cccc(Cl)c3)[C@H]3C=C[C@@]2(O3)[C@@H]1C(=O)NC1CCCCC1. The molecule has 3 fully saturated rings. The van der Waals surface area contributed by atoms with Gasteiger partial charge < -0.3 is 25.0 Å². The summed E-state index contributed by atoms with van der Waals surface area (Å²) in [6, 6.07) is 6.17. The standard InChI is InChI=1S/C28H36ClN3O5/c1-17(2)36-15-7-14-32-24(26(34)30-19-9-4-3-5-10-19)28-13-12-21(37-28)22(23(28)27(32)35)25(33)31-20-11-6-8-18(29)16-20/h6,8,11-13,16-17,19,21-24H,3-5,7,9-10,14-15H2,1-2H3,(H,30,34)(H,31,33)/t21-,22-,23-,24+,28+/m1/s1. The maximum Gasteiger partial charge on any atom is 0.246 e. The average molecular weight is 530 g/mol. The molecule has 5 atom stereocenters. The summed E-state index contributed by atoms with van der Waals surface area (Å²) in [6.07, 6.45) is 9.02. The number of hydrogen-bond donors (Lipinski definition) is 2. The first-order valence-electron chi connectivity index (χ1n) is 13.5. The first-order valence-corrected chi connectivity index (χ1v) is 13.8. The second-order valence-corrected chi connectivity index (χ2v) is 11.3. The predicted molar refractivity (Wildman–Crippen MR) is 140 cm³/mol. The van der Waals surface area contributed by atoms with Crippen molar-refractivity contribution in [1.29, 1.82) is 0 Å². The summed E-state index contributed by atoms with van der Waals surface area (Å²) in [5.41, 5.74) is -0.603. The first kappa shape index (κ1) is 26.2. The molecule has 8 nitrogen and oxygen atoms in total. The Labute approximate surface area is 223 Å². The Hall–Kier alpha value is -2.42. The highest BCUT2D eigenvalue weighted by Gasteiger charge is 2.72. The Morgan fingerprint density at radius 3 is 2.73 bits per heavy atom. The van der Waals surface area contributed by atoms with Crippen LogP contribution in [0.15, 0.2) is 36.4 Å². The molecule has 9 heteroatoms. The summed E-state index contributed by atoms with van der Waals surface area (Å²) in [4.78, 5) is 42.8. The van der Waals surface area contributed by atoms with Gasteiger partial charge >= 0.3 is 0 Å². The fourth-order valence-corrected chi connectivity index (χ4v) is 6.57. The molecule has 3 heterocycles. The lowest BCUT2D eigenvalue weighted by molar-refractivity contribution is -0.141. The highest BCUT2D eigenvalue weighted by Crippen LogP contribution is 2.55. The number of carbonyl (C=O) groups excluding carboxylic acids is 3.